The topological polar surface area (TPSA) is 148 Å². The summed E-state index contributed by atoms with van der Waals surface area (Å²) < 4.78 is 5.55. The van der Waals surface area contributed by atoms with Crippen LogP contribution in [0.25, 0.3) is 10.8 Å². The number of rotatable bonds is 9. The maximum absolute atomic E-state index is 13.3. The molecule has 0 aromatic heterocycles. The Morgan fingerprint density at radius 1 is 1.00 bits per heavy atom. The van der Waals surface area contributed by atoms with E-state index in [2.05, 4.69) is 26.4 Å². The van der Waals surface area contributed by atoms with Crippen LogP contribution in [0.2, 0.25) is 5.02 Å². The van der Waals surface area contributed by atoms with Gasteiger partial charge in [-0.15, -0.1) is 0 Å². The van der Waals surface area contributed by atoms with Gasteiger partial charge in [0, 0.05) is 40.5 Å². The fourth-order valence-corrected chi connectivity index (χ4v) is 6.09. The number of hydrogen-bond acceptors (Lipinski definition) is 9. The van der Waals surface area contributed by atoms with Crippen LogP contribution in [-0.4, -0.2) is 73.3 Å². The van der Waals surface area contributed by atoms with Gasteiger partial charge in [0.1, 0.15) is 11.9 Å². The molecule has 46 heavy (non-hydrogen) atoms. The molecule has 236 valence electrons. The highest BCUT2D eigenvalue weighted by atomic mass is 35.5. The van der Waals surface area contributed by atoms with Gasteiger partial charge in [-0.25, -0.2) is 10.9 Å². The molecule has 2 heterocycles. The third kappa shape index (κ3) is 6.44. The lowest BCUT2D eigenvalue weighted by Crippen LogP contribution is -2.48. The molecule has 0 radical (unpaired) electrons. The fourth-order valence-electron chi connectivity index (χ4n) is 5.97. The molecule has 2 aliphatic heterocycles. The SMILES string of the molecule is COc1ccc2c(c1)C(c1ccc(Cl)cc1)=NC(CC(=O)NCCNC(=O)c1cccc3ccc(B(O)O)cc13)C1NNC(C)N21. The van der Waals surface area contributed by atoms with E-state index in [9.17, 15) is 19.6 Å². The summed E-state index contributed by atoms with van der Waals surface area (Å²) in [5.41, 5.74) is 10.7. The zero-order valence-corrected chi connectivity index (χ0v) is 26.1. The van der Waals surface area contributed by atoms with Crippen molar-refractivity contribution in [2.45, 2.75) is 31.7 Å². The Bertz CT molecular complexity index is 1800. The minimum absolute atomic E-state index is 0.0801. The average molecular weight is 641 g/mol. The Morgan fingerprint density at radius 3 is 2.54 bits per heavy atom. The smallest absolute Gasteiger partial charge is 0.488 e. The van der Waals surface area contributed by atoms with Crippen LogP contribution in [0.4, 0.5) is 5.69 Å². The highest BCUT2D eigenvalue weighted by Gasteiger charge is 2.40. The van der Waals surface area contributed by atoms with Crippen molar-refractivity contribution >= 4 is 58.2 Å². The van der Waals surface area contributed by atoms with Crippen LogP contribution in [0.15, 0.2) is 83.9 Å². The van der Waals surface area contributed by atoms with Gasteiger partial charge in [0.2, 0.25) is 5.91 Å². The molecular formula is C33H34BClN6O5. The van der Waals surface area contributed by atoms with E-state index in [1.165, 1.54) is 0 Å². The predicted molar refractivity (Wildman–Crippen MR) is 180 cm³/mol. The maximum atomic E-state index is 13.3. The van der Waals surface area contributed by atoms with Gasteiger partial charge in [-0.3, -0.25) is 14.6 Å². The molecule has 4 aromatic rings. The normalized spacial score (nSPS) is 18.7. The van der Waals surface area contributed by atoms with Crippen LogP contribution >= 0.6 is 11.6 Å². The quantitative estimate of drug-likeness (QED) is 0.120. The Balaban J connectivity index is 1.17. The number of anilines is 1. The average Bonchev–Trinajstić information content (AvgIpc) is 3.39. The number of ether oxygens (including phenoxy) is 1. The van der Waals surface area contributed by atoms with Gasteiger partial charge >= 0.3 is 7.12 Å². The van der Waals surface area contributed by atoms with Crippen molar-refractivity contribution in [2.75, 3.05) is 25.1 Å². The largest absolute Gasteiger partial charge is 0.497 e. The third-order valence-electron chi connectivity index (χ3n) is 8.25. The van der Waals surface area contributed by atoms with E-state index < -0.39 is 13.2 Å². The molecule has 3 unspecified atom stereocenters. The Labute approximate surface area is 271 Å². The maximum Gasteiger partial charge on any atom is 0.488 e. The Kier molecular flexibility index (Phi) is 9.25. The molecule has 1 fully saturated rings. The second-order valence-electron chi connectivity index (χ2n) is 11.2. The van der Waals surface area contributed by atoms with Crippen molar-refractivity contribution in [3.05, 3.63) is 101 Å². The van der Waals surface area contributed by atoms with E-state index in [-0.39, 0.29) is 43.7 Å². The monoisotopic (exact) mass is 640 g/mol. The number of aliphatic imine (C=N–C) groups is 1. The summed E-state index contributed by atoms with van der Waals surface area (Å²) in [4.78, 5) is 33.7. The predicted octanol–water partition coefficient (Wildman–Crippen LogP) is 1.92. The molecule has 6 rings (SSSR count). The molecule has 6 N–H and O–H groups in total. The van der Waals surface area contributed by atoms with Crippen LogP contribution < -0.4 is 36.6 Å². The van der Waals surface area contributed by atoms with Gasteiger partial charge in [-0.1, -0.05) is 54.1 Å². The van der Waals surface area contributed by atoms with Crippen molar-refractivity contribution in [1.82, 2.24) is 21.5 Å². The number of methoxy groups -OCH3 is 1. The molecule has 0 bridgehead atoms. The first-order valence-corrected chi connectivity index (χ1v) is 15.4. The van der Waals surface area contributed by atoms with Crippen molar-refractivity contribution in [1.29, 1.82) is 0 Å². The molecule has 1 saturated heterocycles. The highest BCUT2D eigenvalue weighted by Crippen LogP contribution is 2.36. The van der Waals surface area contributed by atoms with Gasteiger partial charge in [-0.05, 0) is 59.6 Å². The minimum atomic E-state index is -1.64. The second-order valence-corrected chi connectivity index (χ2v) is 11.7. The first kappa shape index (κ1) is 31.5. The number of benzene rings is 4. The van der Waals surface area contributed by atoms with E-state index in [0.717, 1.165) is 27.9 Å². The number of carbonyl (C=O) groups is 2. The van der Waals surface area contributed by atoms with Crippen LogP contribution in [-0.2, 0) is 4.79 Å². The molecule has 0 aliphatic carbocycles. The molecule has 2 amide bonds. The third-order valence-corrected chi connectivity index (χ3v) is 8.50. The molecule has 0 saturated carbocycles. The zero-order valence-electron chi connectivity index (χ0n) is 25.3. The van der Waals surface area contributed by atoms with Gasteiger partial charge in [0.25, 0.3) is 5.91 Å². The fraction of sp³-hybridized carbons (Fsp3) is 0.242. The van der Waals surface area contributed by atoms with Gasteiger partial charge in [0.15, 0.2) is 0 Å². The van der Waals surface area contributed by atoms with Crippen LogP contribution in [0, 0.1) is 0 Å². The lowest BCUT2D eigenvalue weighted by atomic mass is 9.79. The molecule has 13 heteroatoms. The first-order chi connectivity index (χ1) is 22.2. The summed E-state index contributed by atoms with van der Waals surface area (Å²) in [5, 5.41) is 26.9. The van der Waals surface area contributed by atoms with Crippen molar-refractivity contribution in [3.8, 4) is 5.75 Å². The van der Waals surface area contributed by atoms with E-state index in [1.54, 1.807) is 37.4 Å². The molecule has 4 aromatic carbocycles. The number of nitrogens with zero attached hydrogens (tertiary/aromatic N) is 2. The van der Waals surface area contributed by atoms with Crippen molar-refractivity contribution < 1.29 is 24.4 Å². The standard InChI is InChI=1S/C33H34BClN6O5/c1-19-39-40-32-28(38-31(21-7-10-23(35)11-8-21)27-17-24(46-2)12-13-29(27)41(19)32)18-30(42)36-14-15-37-33(43)25-5-3-4-20-6-9-22(34(44)45)16-26(20)25/h3-13,16-17,19,28,32,39-40,44-45H,14-15,18H2,1-2H3,(H,36,42)(H,37,43). The number of halogens is 1. The number of fused-ring (bicyclic) bond motifs is 4. The van der Waals surface area contributed by atoms with E-state index in [1.807, 2.05) is 55.5 Å². The summed E-state index contributed by atoms with van der Waals surface area (Å²) >= 11 is 6.20. The molecule has 2 aliphatic rings. The van der Waals surface area contributed by atoms with Crippen LogP contribution in [0.5, 0.6) is 5.75 Å². The van der Waals surface area contributed by atoms with Gasteiger partial charge in [0.05, 0.1) is 31.4 Å². The summed E-state index contributed by atoms with van der Waals surface area (Å²) in [6.45, 7) is 2.45. The summed E-state index contributed by atoms with van der Waals surface area (Å²) in [5.74, 6) is 0.150. The number of amides is 2. The van der Waals surface area contributed by atoms with Crippen LogP contribution in [0.3, 0.4) is 0 Å². The van der Waals surface area contributed by atoms with E-state index >= 15 is 0 Å². The Morgan fingerprint density at radius 2 is 1.78 bits per heavy atom. The second kappa shape index (κ2) is 13.5. The summed E-state index contributed by atoms with van der Waals surface area (Å²) in [6.07, 6.45) is -0.302. The summed E-state index contributed by atoms with van der Waals surface area (Å²) in [7, 11) is -0.0176. The minimum Gasteiger partial charge on any atom is -0.497 e. The van der Waals surface area contributed by atoms with E-state index in [4.69, 9.17) is 21.3 Å². The van der Waals surface area contributed by atoms with E-state index in [0.29, 0.717) is 27.2 Å². The summed E-state index contributed by atoms with van der Waals surface area (Å²) in [6, 6.07) is 23.1. The number of hydrogen-bond donors (Lipinski definition) is 6. The number of carbonyl (C=O) groups excluding carboxylic acids is 2. The highest BCUT2D eigenvalue weighted by molar-refractivity contribution is 6.59. The molecule has 0 spiro atoms. The lowest BCUT2D eigenvalue weighted by molar-refractivity contribution is -0.121. The molecule has 11 nitrogen and oxygen atoms in total. The van der Waals surface area contributed by atoms with Crippen molar-refractivity contribution in [3.63, 3.8) is 0 Å². The van der Waals surface area contributed by atoms with Gasteiger partial charge in [-0.2, -0.15) is 0 Å². The van der Waals surface area contributed by atoms with Crippen molar-refractivity contribution in [2.24, 2.45) is 4.99 Å². The zero-order chi connectivity index (χ0) is 32.4. The molecule has 3 atom stereocenters. The number of hydrazine groups is 1. The van der Waals surface area contributed by atoms with Crippen LogP contribution in [0.1, 0.15) is 34.8 Å². The first-order valence-electron chi connectivity index (χ1n) is 15.0. The molecular weight excluding hydrogens is 607 g/mol. The Hall–Kier alpha value is -4.46. The number of nitrogens with one attached hydrogen (secondary N) is 4. The van der Waals surface area contributed by atoms with Gasteiger partial charge < -0.3 is 30.3 Å². The lowest BCUT2D eigenvalue weighted by Gasteiger charge is -2.31.